The van der Waals surface area contributed by atoms with E-state index in [-0.39, 0.29) is 9.92 Å². The molecule has 16 heavy (non-hydrogen) atoms. The number of halogens is 2. The Balaban J connectivity index is 3.27. The Morgan fingerprint density at radius 3 is 2.50 bits per heavy atom. The Morgan fingerprint density at radius 2 is 2.00 bits per heavy atom. The minimum Gasteiger partial charge on any atom is -0.313 e. The van der Waals surface area contributed by atoms with Gasteiger partial charge >= 0.3 is 0 Å². The second-order valence-corrected chi connectivity index (χ2v) is 5.55. The first kappa shape index (κ1) is 13.7. The molecule has 0 bridgehead atoms. The summed E-state index contributed by atoms with van der Waals surface area (Å²) in [4.78, 5) is -0.144. The molecule has 0 amide bonds. The van der Waals surface area contributed by atoms with Gasteiger partial charge in [-0.1, -0.05) is 30.1 Å². The molecule has 0 aliphatic heterocycles. The van der Waals surface area contributed by atoms with Crippen LogP contribution in [0, 0.1) is 0 Å². The summed E-state index contributed by atoms with van der Waals surface area (Å²) < 4.78 is 22.5. The van der Waals surface area contributed by atoms with Gasteiger partial charge < -0.3 is 5.32 Å². The van der Waals surface area contributed by atoms with Crippen LogP contribution in [-0.4, -0.2) is 15.0 Å². The van der Waals surface area contributed by atoms with Crippen molar-refractivity contribution >= 4 is 33.2 Å². The summed E-state index contributed by atoms with van der Waals surface area (Å²) >= 11 is 11.7. The Hall–Kier alpha value is -0.330. The minimum absolute atomic E-state index is 0.118. The molecule has 0 fully saturated rings. The highest BCUT2D eigenvalue weighted by molar-refractivity contribution is 7.89. The van der Waals surface area contributed by atoms with E-state index in [1.54, 1.807) is 6.07 Å². The second kappa shape index (κ2) is 5.33. The van der Waals surface area contributed by atoms with Crippen LogP contribution in [0.15, 0.2) is 17.0 Å². The molecule has 0 aliphatic carbocycles. The molecule has 0 heterocycles. The lowest BCUT2D eigenvalue weighted by Gasteiger charge is -2.09. The van der Waals surface area contributed by atoms with Crippen LogP contribution in [0.1, 0.15) is 12.5 Å². The van der Waals surface area contributed by atoms with Gasteiger partial charge in [0.2, 0.25) is 10.0 Å². The number of hydrogen-bond donors (Lipinski definition) is 2. The summed E-state index contributed by atoms with van der Waals surface area (Å²) in [6.07, 6.45) is 0. The maximum atomic E-state index is 11.2. The van der Waals surface area contributed by atoms with Gasteiger partial charge in [0.25, 0.3) is 0 Å². The zero-order valence-electron chi connectivity index (χ0n) is 8.63. The van der Waals surface area contributed by atoms with Crippen LogP contribution in [-0.2, 0) is 16.6 Å². The molecular formula is C9H12Cl2N2O2S. The third-order valence-corrected chi connectivity index (χ3v) is 3.66. The van der Waals surface area contributed by atoms with Crippen LogP contribution in [0.3, 0.4) is 0 Å². The summed E-state index contributed by atoms with van der Waals surface area (Å²) in [7, 11) is -3.85. The first-order valence-electron chi connectivity index (χ1n) is 4.57. The summed E-state index contributed by atoms with van der Waals surface area (Å²) in [6.45, 7) is 3.12. The smallest absolute Gasteiger partial charge is 0.239 e. The molecule has 0 atom stereocenters. The van der Waals surface area contributed by atoms with Crippen LogP contribution in [0.4, 0.5) is 0 Å². The lowest BCUT2D eigenvalue weighted by molar-refractivity contribution is 0.597. The molecule has 4 nitrogen and oxygen atoms in total. The fraction of sp³-hybridized carbons (Fsp3) is 0.333. The van der Waals surface area contributed by atoms with E-state index in [1.807, 2.05) is 6.92 Å². The van der Waals surface area contributed by atoms with Gasteiger partial charge in [0.05, 0.1) is 5.02 Å². The van der Waals surface area contributed by atoms with E-state index in [1.165, 1.54) is 6.07 Å². The average molecular weight is 283 g/mol. The number of hydrogen-bond acceptors (Lipinski definition) is 3. The van der Waals surface area contributed by atoms with Crippen LogP contribution in [0.5, 0.6) is 0 Å². The van der Waals surface area contributed by atoms with Crippen LogP contribution >= 0.6 is 23.2 Å². The number of rotatable bonds is 4. The first-order chi connectivity index (χ1) is 7.36. The van der Waals surface area contributed by atoms with E-state index in [0.29, 0.717) is 17.1 Å². The largest absolute Gasteiger partial charge is 0.313 e. The first-order valence-corrected chi connectivity index (χ1v) is 6.88. The van der Waals surface area contributed by atoms with Crippen LogP contribution < -0.4 is 10.5 Å². The van der Waals surface area contributed by atoms with Gasteiger partial charge in [-0.05, 0) is 24.2 Å². The summed E-state index contributed by atoms with van der Waals surface area (Å²) in [5.41, 5.74) is 0.611. The van der Waals surface area contributed by atoms with Gasteiger partial charge in [0.15, 0.2) is 0 Å². The number of sulfonamides is 1. The fourth-order valence-electron chi connectivity index (χ4n) is 1.21. The van der Waals surface area contributed by atoms with Gasteiger partial charge in [-0.3, -0.25) is 0 Å². The molecule has 0 saturated carbocycles. The number of primary sulfonamides is 1. The predicted octanol–water partition coefficient (Wildman–Crippen LogP) is 1.75. The maximum Gasteiger partial charge on any atom is 0.239 e. The van der Waals surface area contributed by atoms with E-state index in [0.717, 1.165) is 6.54 Å². The second-order valence-electron chi connectivity index (χ2n) is 3.20. The number of benzene rings is 1. The number of nitrogens with one attached hydrogen (secondary N) is 1. The van der Waals surface area contributed by atoms with Gasteiger partial charge in [-0.2, -0.15) is 0 Å². The molecule has 0 unspecified atom stereocenters. The predicted molar refractivity (Wildman–Crippen MR) is 65.2 cm³/mol. The Bertz CT molecular complexity index is 489. The monoisotopic (exact) mass is 282 g/mol. The normalized spacial score (nSPS) is 11.8. The average Bonchev–Trinajstić information content (AvgIpc) is 2.17. The lowest BCUT2D eigenvalue weighted by Crippen LogP contribution is -2.16. The maximum absolute atomic E-state index is 11.2. The molecule has 0 radical (unpaired) electrons. The topological polar surface area (TPSA) is 72.2 Å². The molecular weight excluding hydrogens is 271 g/mol. The highest BCUT2D eigenvalue weighted by Gasteiger charge is 2.17. The standard InChI is InChI=1S/C9H12Cl2N2O2S/c1-2-13-5-6-3-7(10)4-8(9(6)11)16(12,14)15/h3-4,13H,2,5H2,1H3,(H2,12,14,15). The van der Waals surface area contributed by atoms with Gasteiger partial charge in [-0.15, -0.1) is 0 Å². The van der Waals surface area contributed by atoms with Crippen LogP contribution in [0.25, 0.3) is 0 Å². The third-order valence-electron chi connectivity index (χ3n) is 1.95. The SMILES string of the molecule is CCNCc1cc(Cl)cc(S(N)(=O)=O)c1Cl. The highest BCUT2D eigenvalue weighted by Crippen LogP contribution is 2.28. The van der Waals surface area contributed by atoms with Crippen molar-refractivity contribution in [3.05, 3.63) is 27.7 Å². The van der Waals surface area contributed by atoms with E-state index >= 15 is 0 Å². The van der Waals surface area contributed by atoms with E-state index in [9.17, 15) is 8.42 Å². The molecule has 1 aromatic carbocycles. The zero-order valence-corrected chi connectivity index (χ0v) is 11.0. The van der Waals surface area contributed by atoms with E-state index in [2.05, 4.69) is 5.32 Å². The Labute approximate surface area is 105 Å². The summed E-state index contributed by atoms with van der Waals surface area (Å²) in [5.74, 6) is 0. The van der Waals surface area contributed by atoms with Crippen molar-refractivity contribution in [3.8, 4) is 0 Å². The number of nitrogens with two attached hydrogens (primary N) is 1. The lowest BCUT2D eigenvalue weighted by atomic mass is 10.2. The van der Waals surface area contributed by atoms with Crippen molar-refractivity contribution in [1.82, 2.24) is 5.32 Å². The molecule has 3 N–H and O–H groups in total. The molecule has 1 rings (SSSR count). The van der Waals surface area contributed by atoms with Crippen molar-refractivity contribution in [1.29, 1.82) is 0 Å². The summed E-state index contributed by atoms with van der Waals surface area (Å²) in [6, 6.07) is 2.86. The van der Waals surface area contributed by atoms with Crippen molar-refractivity contribution in [3.63, 3.8) is 0 Å². The van der Waals surface area contributed by atoms with E-state index in [4.69, 9.17) is 28.3 Å². The molecule has 90 valence electrons. The molecule has 7 heteroatoms. The van der Waals surface area contributed by atoms with Crippen molar-refractivity contribution in [2.45, 2.75) is 18.4 Å². The van der Waals surface area contributed by atoms with E-state index < -0.39 is 10.0 Å². The quantitative estimate of drug-likeness (QED) is 0.884. The highest BCUT2D eigenvalue weighted by atomic mass is 35.5. The van der Waals surface area contributed by atoms with Crippen molar-refractivity contribution in [2.75, 3.05) is 6.54 Å². The van der Waals surface area contributed by atoms with Gasteiger partial charge in [-0.25, -0.2) is 13.6 Å². The van der Waals surface area contributed by atoms with Crippen molar-refractivity contribution < 1.29 is 8.42 Å². The Kier molecular flexibility index (Phi) is 4.58. The minimum atomic E-state index is -3.85. The van der Waals surface area contributed by atoms with Crippen LogP contribution in [0.2, 0.25) is 10.0 Å². The zero-order chi connectivity index (χ0) is 12.3. The molecule has 0 saturated heterocycles. The molecule has 0 aromatic heterocycles. The third kappa shape index (κ3) is 3.33. The molecule has 1 aromatic rings. The van der Waals surface area contributed by atoms with Gasteiger partial charge in [0.1, 0.15) is 4.90 Å². The molecule has 0 aliphatic rings. The van der Waals surface area contributed by atoms with Gasteiger partial charge in [0, 0.05) is 11.6 Å². The summed E-state index contributed by atoms with van der Waals surface area (Å²) in [5, 5.41) is 8.48. The molecule has 0 spiro atoms. The fourth-order valence-corrected chi connectivity index (χ4v) is 2.69. The Morgan fingerprint density at radius 1 is 1.38 bits per heavy atom. The van der Waals surface area contributed by atoms with Crippen molar-refractivity contribution in [2.24, 2.45) is 5.14 Å².